The zero-order valence-corrected chi connectivity index (χ0v) is 22.4. The molecule has 0 radical (unpaired) electrons. The van der Waals surface area contributed by atoms with Gasteiger partial charge in [-0.3, -0.25) is 24.1 Å². The summed E-state index contributed by atoms with van der Waals surface area (Å²) in [6, 6.07) is 0.766. The number of aromatic hydroxyl groups is 1. The van der Waals surface area contributed by atoms with E-state index in [9.17, 15) is 24.3 Å². The van der Waals surface area contributed by atoms with Crippen molar-refractivity contribution < 1.29 is 33.8 Å². The van der Waals surface area contributed by atoms with Gasteiger partial charge < -0.3 is 25.2 Å². The van der Waals surface area contributed by atoms with E-state index in [1.54, 1.807) is 19.0 Å². The van der Waals surface area contributed by atoms with Crippen LogP contribution in [0.3, 0.4) is 0 Å². The topological polar surface area (TPSA) is 139 Å². The fraction of sp³-hybridized carbons (Fsp3) is 0.630. The van der Waals surface area contributed by atoms with E-state index in [2.05, 4.69) is 4.90 Å². The first-order valence-electron chi connectivity index (χ1n) is 12.7. The summed E-state index contributed by atoms with van der Waals surface area (Å²) in [7, 11) is 8.31. The molecule has 3 N–H and O–H groups in total. The van der Waals surface area contributed by atoms with E-state index in [0.29, 0.717) is 30.7 Å². The molecule has 0 aromatic heterocycles. The van der Waals surface area contributed by atoms with Crippen molar-refractivity contribution in [2.24, 2.45) is 29.4 Å². The van der Waals surface area contributed by atoms with Gasteiger partial charge in [-0.25, -0.2) is 0 Å². The van der Waals surface area contributed by atoms with E-state index in [-0.39, 0.29) is 23.5 Å². The minimum Gasteiger partial charge on any atom is -0.507 e. The highest BCUT2D eigenvalue weighted by atomic mass is 16.5. The number of hydrogen-bond donors (Lipinski definition) is 2. The van der Waals surface area contributed by atoms with Crippen LogP contribution < -0.4 is 10.5 Å². The number of likely N-dealkylation sites (N-methyl/N-ethyl adjacent to an activating group) is 1. The van der Waals surface area contributed by atoms with Gasteiger partial charge in [0, 0.05) is 37.1 Å². The summed E-state index contributed by atoms with van der Waals surface area (Å²) in [5, 5.41) is 11.0. The highest BCUT2D eigenvalue weighted by molar-refractivity contribution is 6.18. The first-order chi connectivity index (χ1) is 17.4. The quantitative estimate of drug-likeness (QED) is 0.505. The summed E-state index contributed by atoms with van der Waals surface area (Å²) in [5.41, 5.74) is 5.50. The fourth-order valence-electron chi connectivity index (χ4n) is 6.91. The molecule has 202 valence electrons. The van der Waals surface area contributed by atoms with Gasteiger partial charge in [0.15, 0.2) is 17.3 Å². The maximum absolute atomic E-state index is 14.2. The van der Waals surface area contributed by atoms with E-state index in [4.69, 9.17) is 15.2 Å². The summed E-state index contributed by atoms with van der Waals surface area (Å²) in [4.78, 5) is 57.4. The van der Waals surface area contributed by atoms with Gasteiger partial charge in [-0.05, 0) is 52.5 Å². The Morgan fingerprint density at radius 2 is 1.89 bits per heavy atom. The van der Waals surface area contributed by atoms with Gasteiger partial charge in [-0.15, -0.1) is 0 Å². The van der Waals surface area contributed by atoms with Crippen molar-refractivity contribution in [3.63, 3.8) is 0 Å². The van der Waals surface area contributed by atoms with Crippen molar-refractivity contribution in [2.45, 2.75) is 44.4 Å². The minimum atomic E-state index is -1.51. The molecule has 0 heterocycles. The Morgan fingerprint density at radius 1 is 1.22 bits per heavy atom. The van der Waals surface area contributed by atoms with E-state index < -0.39 is 52.8 Å². The van der Waals surface area contributed by atoms with Crippen LogP contribution in [-0.4, -0.2) is 91.7 Å². The number of phenolic OH excluding ortho intramolecular Hbond substituents is 1. The fourth-order valence-corrected chi connectivity index (χ4v) is 6.91. The number of ketones is 3. The highest BCUT2D eigenvalue weighted by Gasteiger charge is 2.65. The number of amides is 1. The van der Waals surface area contributed by atoms with Gasteiger partial charge in [0.1, 0.15) is 23.0 Å². The summed E-state index contributed by atoms with van der Waals surface area (Å²) >= 11 is 0. The van der Waals surface area contributed by atoms with Crippen LogP contribution in [-0.2, 0) is 32.1 Å². The summed E-state index contributed by atoms with van der Waals surface area (Å²) in [6.45, 7) is 3.32. The molecule has 2 saturated carbocycles. The summed E-state index contributed by atoms with van der Waals surface area (Å²) < 4.78 is 11.6. The van der Waals surface area contributed by atoms with Crippen molar-refractivity contribution in [3.05, 3.63) is 22.8 Å². The maximum atomic E-state index is 14.2. The van der Waals surface area contributed by atoms with Crippen molar-refractivity contribution in [3.8, 4) is 11.5 Å². The first kappa shape index (κ1) is 27.2. The number of carbonyl (C=O) groups is 4. The second-order valence-electron chi connectivity index (χ2n) is 10.8. The van der Waals surface area contributed by atoms with E-state index >= 15 is 0 Å². The molecule has 1 amide bonds. The Bertz CT molecular complexity index is 1150. The van der Waals surface area contributed by atoms with Crippen molar-refractivity contribution in [2.75, 3.05) is 41.9 Å². The number of methoxy groups -OCH3 is 2. The number of rotatable bonds is 7. The van der Waals surface area contributed by atoms with Crippen LogP contribution in [0.2, 0.25) is 0 Å². The number of phenols is 1. The molecule has 2 fully saturated rings. The second kappa shape index (κ2) is 9.81. The zero-order valence-electron chi connectivity index (χ0n) is 22.4. The van der Waals surface area contributed by atoms with E-state index in [1.165, 1.54) is 20.3 Å². The van der Waals surface area contributed by atoms with Gasteiger partial charge in [0.05, 0.1) is 24.6 Å². The number of Topliss-reactive ketones (excluding diaryl/α,β-unsaturated/α-hetero) is 3. The largest absolute Gasteiger partial charge is 0.507 e. The molecule has 3 aliphatic rings. The molecule has 6 unspecified atom stereocenters. The van der Waals surface area contributed by atoms with Crippen LogP contribution in [0.1, 0.15) is 41.3 Å². The number of carbonyl (C=O) groups excluding carboxylic acids is 4. The molecule has 3 aliphatic carbocycles. The molecular formula is C27H37N3O7. The monoisotopic (exact) mass is 515 g/mol. The summed E-state index contributed by atoms with van der Waals surface area (Å²) in [5.74, 6) is -4.94. The normalized spacial score (nSPS) is 31.2. The Morgan fingerprint density at radius 3 is 2.43 bits per heavy atom. The Hall–Kier alpha value is -2.82. The SMILES string of the molecule is CCN(C)Cc1cc(O)c2c(c1OC)CC1CC3C(N(C)C)C(=O)C(C(N)=O)CC3(OC)C(=O)C1C2=O. The molecule has 10 heteroatoms. The number of fused-ring (bicyclic) bond motifs is 3. The zero-order chi connectivity index (χ0) is 27.4. The third kappa shape index (κ3) is 4.06. The van der Waals surface area contributed by atoms with Crippen LogP contribution in [0.4, 0.5) is 0 Å². The lowest BCUT2D eigenvalue weighted by molar-refractivity contribution is -0.182. The molecule has 10 nitrogen and oxygen atoms in total. The highest BCUT2D eigenvalue weighted by Crippen LogP contribution is 2.54. The third-order valence-corrected chi connectivity index (χ3v) is 8.73. The number of ether oxygens (including phenoxy) is 2. The van der Waals surface area contributed by atoms with Crippen LogP contribution >= 0.6 is 0 Å². The molecule has 4 rings (SSSR count). The summed E-state index contributed by atoms with van der Waals surface area (Å²) in [6.07, 6.45) is 0.507. The van der Waals surface area contributed by atoms with Gasteiger partial charge in [0.2, 0.25) is 5.91 Å². The van der Waals surface area contributed by atoms with Gasteiger partial charge in [-0.1, -0.05) is 6.92 Å². The van der Waals surface area contributed by atoms with Crippen LogP contribution in [0.5, 0.6) is 11.5 Å². The Balaban J connectivity index is 1.85. The number of nitrogens with zero attached hydrogens (tertiary/aromatic N) is 2. The predicted octanol–water partition coefficient (Wildman–Crippen LogP) is 0.802. The molecule has 0 saturated heterocycles. The van der Waals surface area contributed by atoms with E-state index in [1.807, 2.05) is 14.0 Å². The third-order valence-electron chi connectivity index (χ3n) is 8.73. The molecule has 0 spiro atoms. The first-order valence-corrected chi connectivity index (χ1v) is 12.7. The molecule has 6 atom stereocenters. The smallest absolute Gasteiger partial charge is 0.228 e. The van der Waals surface area contributed by atoms with Crippen molar-refractivity contribution in [1.82, 2.24) is 9.80 Å². The number of nitrogens with two attached hydrogens (primary N) is 1. The maximum Gasteiger partial charge on any atom is 0.228 e. The van der Waals surface area contributed by atoms with Gasteiger partial charge >= 0.3 is 0 Å². The molecule has 0 bridgehead atoms. The molecule has 1 aromatic carbocycles. The van der Waals surface area contributed by atoms with Crippen molar-refractivity contribution >= 4 is 23.3 Å². The number of hydrogen-bond acceptors (Lipinski definition) is 9. The second-order valence-corrected chi connectivity index (χ2v) is 10.8. The number of benzene rings is 1. The molecule has 0 aliphatic heterocycles. The van der Waals surface area contributed by atoms with Crippen LogP contribution in [0.15, 0.2) is 6.07 Å². The van der Waals surface area contributed by atoms with Gasteiger partial charge in [-0.2, -0.15) is 0 Å². The van der Waals surface area contributed by atoms with Gasteiger partial charge in [0.25, 0.3) is 0 Å². The molecule has 1 aromatic rings. The standard InChI is InChI=1S/C27H37N3O7/c1-7-30(4)12-14-10-18(31)20-15(24(14)36-5)8-13-9-17-21(29(2)3)22(32)16(26(28)35)11-27(17,37-6)25(34)19(13)23(20)33/h10,13,16-17,19,21,31H,7-9,11-12H2,1-6H3,(H2,28,35). The molecular weight excluding hydrogens is 478 g/mol. The Kier molecular flexibility index (Phi) is 7.22. The van der Waals surface area contributed by atoms with Crippen LogP contribution in [0.25, 0.3) is 0 Å². The van der Waals surface area contributed by atoms with E-state index in [0.717, 1.165) is 12.1 Å². The lowest BCUT2D eigenvalue weighted by atomic mass is 9.52. The lowest BCUT2D eigenvalue weighted by Gasteiger charge is -2.55. The minimum absolute atomic E-state index is 0.0987. The average Bonchev–Trinajstić information content (AvgIpc) is 2.83. The molecule has 37 heavy (non-hydrogen) atoms. The van der Waals surface area contributed by atoms with Crippen LogP contribution in [0, 0.1) is 23.7 Å². The van der Waals surface area contributed by atoms with Crippen molar-refractivity contribution in [1.29, 1.82) is 0 Å². The average molecular weight is 516 g/mol. The number of primary amides is 1. The lowest BCUT2D eigenvalue weighted by Crippen LogP contribution is -2.70. The Labute approximate surface area is 217 Å². The predicted molar refractivity (Wildman–Crippen MR) is 134 cm³/mol.